The molecule has 0 fully saturated rings. The van der Waals surface area contributed by atoms with Gasteiger partial charge in [0.1, 0.15) is 48.9 Å². The highest BCUT2D eigenvalue weighted by Crippen LogP contribution is 2.40. The average Bonchev–Trinajstić information content (AvgIpc) is 3.17. The smallest absolute Gasteiger partial charge is 0.248 e. The molecule has 1 aliphatic heterocycles. The van der Waals surface area contributed by atoms with E-state index >= 15 is 0 Å². The molecule has 4 amide bonds. The molecule has 2 aromatic carbocycles. The first-order valence-electron chi connectivity index (χ1n) is 19.0. The SMILES string of the molecule is CNCCS(=O)(=O)N[C@@H](CCCCN)C(=O)N(C)[C@@H]1C(=O)N[C@@H](C)C(=O)N[C@H](C(=O)N[C@@H](C)C(C)=O)Cc2ccc(OCCN)c(c2)-c2cc1ccc2OCCN. The first kappa shape index (κ1) is 46.7. The zero-order chi connectivity index (χ0) is 42.3. The number of carbonyl (C=O) groups excluding carboxylic acids is 5. The van der Waals surface area contributed by atoms with Gasteiger partial charge in [-0.05, 0) is 82.6 Å². The van der Waals surface area contributed by atoms with Crippen LogP contribution in [0.15, 0.2) is 36.4 Å². The van der Waals surface area contributed by atoms with Crippen molar-refractivity contribution >= 4 is 39.4 Å². The number of carbonyl (C=O) groups is 5. The Balaban J connectivity index is 2.29. The van der Waals surface area contributed by atoms with Crippen LogP contribution in [0, 0.1) is 0 Å². The van der Waals surface area contributed by atoms with Gasteiger partial charge in [-0.15, -0.1) is 0 Å². The van der Waals surface area contributed by atoms with E-state index in [-0.39, 0.29) is 57.2 Å². The number of Topliss-reactive ketones (excluding diaryl/α,β-unsaturated/α-hetero) is 1. The Bertz CT molecular complexity index is 1830. The van der Waals surface area contributed by atoms with E-state index in [1.807, 2.05) is 0 Å². The quantitative estimate of drug-likeness (QED) is 0.0731. The molecule has 1 heterocycles. The molecule has 5 atom stereocenters. The number of hydrogen-bond donors (Lipinski definition) is 8. The number of hydrogen-bond acceptors (Lipinski definition) is 13. The zero-order valence-electron chi connectivity index (χ0n) is 33.4. The van der Waals surface area contributed by atoms with Gasteiger partial charge >= 0.3 is 0 Å². The fraction of sp³-hybridized carbons (Fsp3) is 0.553. The predicted molar refractivity (Wildman–Crippen MR) is 216 cm³/mol. The van der Waals surface area contributed by atoms with Crippen molar-refractivity contribution in [2.24, 2.45) is 17.2 Å². The number of nitrogens with zero attached hydrogens (tertiary/aromatic N) is 1. The molecule has 0 unspecified atom stereocenters. The van der Waals surface area contributed by atoms with Crippen molar-refractivity contribution in [2.75, 3.05) is 59.2 Å². The van der Waals surface area contributed by atoms with Gasteiger partial charge in [0.2, 0.25) is 33.7 Å². The number of benzene rings is 2. The van der Waals surface area contributed by atoms with E-state index < -0.39 is 63.9 Å². The molecular formula is C38H59N9O9S. The fourth-order valence-electron chi connectivity index (χ4n) is 6.11. The lowest BCUT2D eigenvalue weighted by Gasteiger charge is -2.32. The number of fused-ring (bicyclic) bond motifs is 5. The maximum Gasteiger partial charge on any atom is 0.248 e. The Morgan fingerprint density at radius 2 is 1.56 bits per heavy atom. The molecular weight excluding hydrogens is 759 g/mol. The molecule has 0 aliphatic carbocycles. The van der Waals surface area contributed by atoms with Crippen LogP contribution < -0.4 is 52.7 Å². The molecule has 316 valence electrons. The van der Waals surface area contributed by atoms with E-state index in [2.05, 4.69) is 26.0 Å². The second-order valence-electron chi connectivity index (χ2n) is 13.9. The molecule has 18 nitrogen and oxygen atoms in total. The topological polar surface area (TPSA) is 279 Å². The lowest BCUT2D eigenvalue weighted by molar-refractivity contribution is -0.141. The van der Waals surface area contributed by atoms with Crippen molar-refractivity contribution in [3.63, 3.8) is 0 Å². The lowest BCUT2D eigenvalue weighted by atomic mass is 9.93. The number of amides is 4. The monoisotopic (exact) mass is 817 g/mol. The predicted octanol–water partition coefficient (Wildman–Crippen LogP) is -1.20. The summed E-state index contributed by atoms with van der Waals surface area (Å²) in [4.78, 5) is 69.3. The number of ether oxygens (including phenoxy) is 2. The molecule has 19 heteroatoms. The first-order valence-corrected chi connectivity index (χ1v) is 20.7. The minimum absolute atomic E-state index is 0.0125. The Hall–Kier alpha value is -4.66. The Labute approximate surface area is 334 Å². The normalized spacial score (nSPS) is 18.3. The number of nitrogens with two attached hydrogens (primary N) is 3. The van der Waals surface area contributed by atoms with Crippen molar-refractivity contribution in [1.29, 1.82) is 0 Å². The van der Waals surface area contributed by atoms with E-state index in [1.165, 1.54) is 27.8 Å². The Kier molecular flexibility index (Phi) is 18.3. The van der Waals surface area contributed by atoms with Gasteiger partial charge in [0.05, 0.1) is 11.8 Å². The van der Waals surface area contributed by atoms with Gasteiger partial charge in [-0.2, -0.15) is 0 Å². The summed E-state index contributed by atoms with van der Waals surface area (Å²) < 4.78 is 40.8. The lowest BCUT2D eigenvalue weighted by Crippen LogP contribution is -2.56. The van der Waals surface area contributed by atoms with Crippen LogP contribution in [0.2, 0.25) is 0 Å². The second-order valence-corrected chi connectivity index (χ2v) is 15.8. The van der Waals surface area contributed by atoms with E-state index in [4.69, 9.17) is 26.7 Å². The molecule has 1 aliphatic rings. The summed E-state index contributed by atoms with van der Waals surface area (Å²) in [6.45, 7) is 5.40. The standard InChI is InChI=1S/C38H59N9O9S/c1-23(25(3)48)43-36(50)31-21-26-9-11-32(55-17-14-40)28(20-26)29-22-27(10-12-33(29)56-18-15-41)34(37(51)44-24(2)35(49)45-31)47(5)38(52)30(8-6-7-13-39)46-57(53,54)19-16-42-4/h9-12,20,22-24,30-31,34,42,46H,6-8,13-19,21,39-41H2,1-5H3,(H,43,50)(H,44,51)(H,45,49)/t23-,24-,30-,31-,34-/m0/s1. The molecule has 57 heavy (non-hydrogen) atoms. The molecule has 3 rings (SSSR count). The van der Waals surface area contributed by atoms with Gasteiger partial charge in [0.15, 0.2) is 5.78 Å². The van der Waals surface area contributed by atoms with Crippen LogP contribution in [0.4, 0.5) is 0 Å². The molecule has 0 radical (unpaired) electrons. The van der Waals surface area contributed by atoms with Crippen LogP contribution in [-0.4, -0.2) is 126 Å². The van der Waals surface area contributed by atoms with Gasteiger partial charge in [-0.25, -0.2) is 13.1 Å². The van der Waals surface area contributed by atoms with Gasteiger partial charge in [0, 0.05) is 44.2 Å². The molecule has 0 aromatic heterocycles. The number of unbranched alkanes of at least 4 members (excludes halogenated alkanes) is 1. The maximum atomic E-state index is 14.4. The number of nitrogens with one attached hydrogen (secondary N) is 5. The van der Waals surface area contributed by atoms with E-state index in [0.29, 0.717) is 53.1 Å². The molecule has 0 saturated carbocycles. The van der Waals surface area contributed by atoms with Crippen LogP contribution in [-0.2, 0) is 40.4 Å². The Morgan fingerprint density at radius 3 is 2.16 bits per heavy atom. The molecule has 2 aromatic rings. The minimum atomic E-state index is -3.94. The number of ketones is 1. The third-order valence-electron chi connectivity index (χ3n) is 9.37. The van der Waals surface area contributed by atoms with Crippen LogP contribution in [0.25, 0.3) is 11.1 Å². The van der Waals surface area contributed by atoms with Crippen molar-refractivity contribution in [1.82, 2.24) is 30.9 Å². The summed E-state index contributed by atoms with van der Waals surface area (Å²) in [5.74, 6) is -2.65. The van der Waals surface area contributed by atoms with Gasteiger partial charge in [-0.1, -0.05) is 18.6 Å². The summed E-state index contributed by atoms with van der Waals surface area (Å²) in [6.07, 6.45) is 1.03. The zero-order valence-corrected chi connectivity index (χ0v) is 34.2. The van der Waals surface area contributed by atoms with Crippen molar-refractivity contribution in [2.45, 2.75) is 76.7 Å². The summed E-state index contributed by atoms with van der Waals surface area (Å²) in [5.41, 5.74) is 19.1. The van der Waals surface area contributed by atoms with Crippen LogP contribution in [0.5, 0.6) is 11.5 Å². The molecule has 0 spiro atoms. The first-order chi connectivity index (χ1) is 27.1. The van der Waals surface area contributed by atoms with Gasteiger partial charge in [0.25, 0.3) is 0 Å². The third kappa shape index (κ3) is 13.5. The maximum absolute atomic E-state index is 14.4. The van der Waals surface area contributed by atoms with Gasteiger partial charge in [-0.3, -0.25) is 24.0 Å². The second kappa shape index (κ2) is 22.3. The summed E-state index contributed by atoms with van der Waals surface area (Å²) >= 11 is 0. The number of rotatable bonds is 20. The highest BCUT2D eigenvalue weighted by Gasteiger charge is 2.37. The summed E-state index contributed by atoms with van der Waals surface area (Å²) in [5, 5.41) is 10.8. The van der Waals surface area contributed by atoms with Crippen molar-refractivity contribution in [3.05, 3.63) is 47.5 Å². The van der Waals surface area contributed by atoms with Crippen LogP contribution >= 0.6 is 0 Å². The molecule has 4 bridgehead atoms. The minimum Gasteiger partial charge on any atom is -0.492 e. The van der Waals surface area contributed by atoms with E-state index in [0.717, 1.165) is 4.90 Å². The summed E-state index contributed by atoms with van der Waals surface area (Å²) in [6, 6.07) is 4.15. The Morgan fingerprint density at radius 1 is 0.930 bits per heavy atom. The average molecular weight is 818 g/mol. The van der Waals surface area contributed by atoms with Crippen LogP contribution in [0.3, 0.4) is 0 Å². The number of sulfonamides is 1. The molecule has 11 N–H and O–H groups in total. The van der Waals surface area contributed by atoms with Crippen LogP contribution in [0.1, 0.15) is 57.2 Å². The van der Waals surface area contributed by atoms with Gasteiger partial charge < -0.3 is 52.8 Å². The van der Waals surface area contributed by atoms with E-state index in [9.17, 15) is 32.4 Å². The summed E-state index contributed by atoms with van der Waals surface area (Å²) in [7, 11) is -0.956. The highest BCUT2D eigenvalue weighted by molar-refractivity contribution is 7.89. The fourth-order valence-corrected chi connectivity index (χ4v) is 7.35. The highest BCUT2D eigenvalue weighted by atomic mass is 32.2. The number of likely N-dealkylation sites (N-methyl/N-ethyl adjacent to an activating group) is 1. The van der Waals surface area contributed by atoms with Crippen molar-refractivity contribution < 1.29 is 41.9 Å². The third-order valence-corrected chi connectivity index (χ3v) is 10.8. The van der Waals surface area contributed by atoms with E-state index in [1.54, 1.807) is 43.4 Å². The largest absolute Gasteiger partial charge is 0.492 e. The molecule has 0 saturated heterocycles. The van der Waals surface area contributed by atoms with Crippen molar-refractivity contribution in [3.8, 4) is 22.6 Å².